The number of rotatable bonds is 6. The first kappa shape index (κ1) is 16.7. The summed E-state index contributed by atoms with van der Waals surface area (Å²) in [6, 6.07) is 16.7. The molecule has 2 aromatic carbocycles. The smallest absolute Gasteiger partial charge is 0.251 e. The number of carbonyl (C=O) groups is 1. The number of fused-ring (bicyclic) bond motifs is 1. The molecule has 0 aliphatic carbocycles. The second kappa shape index (κ2) is 8.11. The molecule has 0 fully saturated rings. The van der Waals surface area contributed by atoms with Gasteiger partial charge in [0, 0.05) is 31.7 Å². The van der Waals surface area contributed by atoms with Crippen LogP contribution in [0.2, 0.25) is 0 Å². The van der Waals surface area contributed by atoms with Gasteiger partial charge in [0.05, 0.1) is 0 Å². The van der Waals surface area contributed by atoms with Crippen molar-refractivity contribution in [2.75, 3.05) is 13.1 Å². The number of unbranched alkanes of at least 4 members (excludes halogenated alkanes) is 1. The van der Waals surface area contributed by atoms with Crippen molar-refractivity contribution in [2.45, 2.75) is 39.3 Å². The van der Waals surface area contributed by atoms with Gasteiger partial charge in [-0.05, 0) is 41.7 Å². The molecule has 0 saturated heterocycles. The Morgan fingerprint density at radius 1 is 1.08 bits per heavy atom. The zero-order chi connectivity index (χ0) is 16.8. The lowest BCUT2D eigenvalue weighted by Crippen LogP contribution is -2.30. The number of amides is 1. The maximum atomic E-state index is 12.0. The molecule has 0 saturated carbocycles. The van der Waals surface area contributed by atoms with Crippen LogP contribution in [0.1, 0.15) is 46.8 Å². The zero-order valence-corrected chi connectivity index (χ0v) is 14.4. The molecule has 0 spiro atoms. The average molecular weight is 322 g/mol. The van der Waals surface area contributed by atoms with Gasteiger partial charge in [-0.1, -0.05) is 49.7 Å². The topological polar surface area (TPSA) is 32.3 Å². The molecule has 1 N–H and O–H groups in total. The van der Waals surface area contributed by atoms with E-state index in [2.05, 4.69) is 53.5 Å². The third-order valence-electron chi connectivity index (χ3n) is 4.65. The highest BCUT2D eigenvalue weighted by Gasteiger charge is 2.15. The molecule has 0 bridgehead atoms. The van der Waals surface area contributed by atoms with E-state index in [0.717, 1.165) is 51.0 Å². The summed E-state index contributed by atoms with van der Waals surface area (Å²) in [7, 11) is 0. The predicted molar refractivity (Wildman–Crippen MR) is 97.9 cm³/mol. The van der Waals surface area contributed by atoms with Crippen LogP contribution < -0.4 is 5.32 Å². The molecule has 1 amide bonds. The van der Waals surface area contributed by atoms with Crippen LogP contribution in [0, 0.1) is 0 Å². The van der Waals surface area contributed by atoms with Crippen molar-refractivity contribution in [3.05, 3.63) is 70.8 Å². The van der Waals surface area contributed by atoms with Crippen LogP contribution in [-0.2, 0) is 19.5 Å². The maximum absolute atomic E-state index is 12.0. The van der Waals surface area contributed by atoms with Gasteiger partial charge in [0.25, 0.3) is 5.91 Å². The minimum absolute atomic E-state index is 0.0295. The quantitative estimate of drug-likeness (QED) is 0.821. The Morgan fingerprint density at radius 2 is 1.83 bits per heavy atom. The Hall–Kier alpha value is -2.13. The van der Waals surface area contributed by atoms with Crippen molar-refractivity contribution in [1.29, 1.82) is 0 Å². The fourth-order valence-electron chi connectivity index (χ4n) is 3.19. The molecule has 3 rings (SSSR count). The first-order chi connectivity index (χ1) is 11.8. The molecule has 0 aromatic heterocycles. The molecule has 2 aromatic rings. The van der Waals surface area contributed by atoms with E-state index in [9.17, 15) is 4.79 Å². The van der Waals surface area contributed by atoms with E-state index in [-0.39, 0.29) is 5.91 Å². The Balaban J connectivity index is 1.56. The van der Waals surface area contributed by atoms with Gasteiger partial charge < -0.3 is 5.32 Å². The summed E-state index contributed by atoms with van der Waals surface area (Å²) in [6.45, 7) is 5.92. The Kier molecular flexibility index (Phi) is 5.65. The van der Waals surface area contributed by atoms with Crippen LogP contribution >= 0.6 is 0 Å². The highest BCUT2D eigenvalue weighted by molar-refractivity contribution is 5.94. The van der Waals surface area contributed by atoms with Gasteiger partial charge in [-0.2, -0.15) is 0 Å². The summed E-state index contributed by atoms with van der Waals surface area (Å²) in [5.41, 5.74) is 4.93. The zero-order valence-electron chi connectivity index (χ0n) is 14.4. The third-order valence-corrected chi connectivity index (χ3v) is 4.65. The third kappa shape index (κ3) is 4.24. The molecule has 0 atom stereocenters. The lowest BCUT2D eigenvalue weighted by Gasteiger charge is -2.28. The fraction of sp³-hybridized carbons (Fsp3) is 0.381. The molecule has 1 heterocycles. The predicted octanol–water partition coefficient (Wildman–Crippen LogP) is 3.77. The van der Waals surface area contributed by atoms with Crippen molar-refractivity contribution >= 4 is 5.91 Å². The van der Waals surface area contributed by atoms with Crippen molar-refractivity contribution in [2.24, 2.45) is 0 Å². The Morgan fingerprint density at radius 3 is 2.58 bits per heavy atom. The monoisotopic (exact) mass is 322 g/mol. The number of benzene rings is 2. The molecular weight excluding hydrogens is 296 g/mol. The van der Waals surface area contributed by atoms with Crippen LogP contribution in [0.25, 0.3) is 0 Å². The van der Waals surface area contributed by atoms with Gasteiger partial charge in [0.1, 0.15) is 0 Å². The van der Waals surface area contributed by atoms with Crippen LogP contribution in [0.3, 0.4) is 0 Å². The van der Waals surface area contributed by atoms with Crippen molar-refractivity contribution in [3.8, 4) is 0 Å². The Bertz CT molecular complexity index is 678. The van der Waals surface area contributed by atoms with E-state index in [1.165, 1.54) is 16.7 Å². The van der Waals surface area contributed by atoms with Gasteiger partial charge in [0.2, 0.25) is 0 Å². The highest BCUT2D eigenvalue weighted by atomic mass is 16.1. The van der Waals surface area contributed by atoms with Crippen molar-refractivity contribution < 1.29 is 4.79 Å². The summed E-state index contributed by atoms with van der Waals surface area (Å²) in [5.74, 6) is 0.0295. The lowest BCUT2D eigenvalue weighted by atomic mass is 9.99. The molecule has 3 heteroatoms. The second-order valence-corrected chi connectivity index (χ2v) is 6.54. The molecule has 3 nitrogen and oxygen atoms in total. The largest absolute Gasteiger partial charge is 0.352 e. The summed E-state index contributed by atoms with van der Waals surface area (Å²) in [4.78, 5) is 14.5. The van der Waals surface area contributed by atoms with E-state index in [0.29, 0.717) is 0 Å². The summed E-state index contributed by atoms with van der Waals surface area (Å²) in [6.07, 6.45) is 3.24. The number of hydrogen-bond acceptors (Lipinski definition) is 2. The number of carbonyl (C=O) groups excluding carboxylic acids is 1. The van der Waals surface area contributed by atoms with E-state index < -0.39 is 0 Å². The minimum atomic E-state index is 0.0295. The van der Waals surface area contributed by atoms with E-state index in [1.54, 1.807) is 0 Å². The van der Waals surface area contributed by atoms with Crippen LogP contribution in [0.15, 0.2) is 48.5 Å². The van der Waals surface area contributed by atoms with Gasteiger partial charge in [0.15, 0.2) is 0 Å². The van der Waals surface area contributed by atoms with Crippen LogP contribution in [-0.4, -0.2) is 23.9 Å². The first-order valence-electron chi connectivity index (χ1n) is 8.92. The van der Waals surface area contributed by atoms with Gasteiger partial charge >= 0.3 is 0 Å². The molecule has 0 unspecified atom stereocenters. The fourth-order valence-corrected chi connectivity index (χ4v) is 3.19. The number of nitrogens with one attached hydrogen (secondary N) is 1. The molecule has 1 aliphatic heterocycles. The van der Waals surface area contributed by atoms with Crippen LogP contribution in [0.4, 0.5) is 0 Å². The second-order valence-electron chi connectivity index (χ2n) is 6.54. The molecule has 126 valence electrons. The summed E-state index contributed by atoms with van der Waals surface area (Å²) >= 11 is 0. The van der Waals surface area contributed by atoms with Crippen LogP contribution in [0.5, 0.6) is 0 Å². The SMILES string of the molecule is CCCCNC(=O)c1ccc(CN2CCc3ccccc3C2)cc1. The number of nitrogens with zero attached hydrogens (tertiary/aromatic N) is 1. The van der Waals surface area contributed by atoms with Gasteiger partial charge in [-0.25, -0.2) is 0 Å². The lowest BCUT2D eigenvalue weighted by molar-refractivity contribution is 0.0953. The molecule has 24 heavy (non-hydrogen) atoms. The Labute approximate surface area is 144 Å². The highest BCUT2D eigenvalue weighted by Crippen LogP contribution is 2.20. The minimum Gasteiger partial charge on any atom is -0.352 e. The maximum Gasteiger partial charge on any atom is 0.251 e. The summed E-state index contributed by atoms with van der Waals surface area (Å²) in [5, 5.41) is 2.96. The van der Waals surface area contributed by atoms with E-state index >= 15 is 0 Å². The van der Waals surface area contributed by atoms with Crippen molar-refractivity contribution in [3.63, 3.8) is 0 Å². The molecular formula is C21H26N2O. The van der Waals surface area contributed by atoms with E-state index in [4.69, 9.17) is 0 Å². The summed E-state index contributed by atoms with van der Waals surface area (Å²) < 4.78 is 0. The van der Waals surface area contributed by atoms with Gasteiger partial charge in [-0.15, -0.1) is 0 Å². The van der Waals surface area contributed by atoms with E-state index in [1.807, 2.05) is 12.1 Å². The first-order valence-corrected chi connectivity index (χ1v) is 8.92. The molecule has 1 aliphatic rings. The molecule has 0 radical (unpaired) electrons. The average Bonchev–Trinajstić information content (AvgIpc) is 2.62. The van der Waals surface area contributed by atoms with Crippen molar-refractivity contribution in [1.82, 2.24) is 10.2 Å². The normalized spacial score (nSPS) is 14.2. The number of hydrogen-bond donors (Lipinski definition) is 1. The standard InChI is InChI=1S/C21H26N2O/c1-2-3-13-22-21(24)19-10-8-17(9-11-19)15-23-14-12-18-6-4-5-7-20(18)16-23/h4-11H,2-3,12-16H2,1H3,(H,22,24). The van der Waals surface area contributed by atoms with Gasteiger partial charge in [-0.3, -0.25) is 9.69 Å².